The van der Waals surface area contributed by atoms with Crippen molar-refractivity contribution < 1.29 is 19.0 Å². The van der Waals surface area contributed by atoms with Gasteiger partial charge in [0.1, 0.15) is 11.0 Å². The third kappa shape index (κ3) is 2.53. The number of amides is 1. The standard InChI is InChI=1S/C18H17N3O4S/c1-23-13-6-9(7-14(24-2)18(13)25-3)10-8-15(22)19-11-4-5-12-17(16(10)11)21-26-20-12/h4-7,10H,8H2,1-3H3,(H,19,22)/t10-/m1/s1. The highest BCUT2D eigenvalue weighted by Gasteiger charge is 2.31. The van der Waals surface area contributed by atoms with Crippen LogP contribution in [-0.2, 0) is 4.79 Å². The number of fused-ring (bicyclic) bond motifs is 3. The van der Waals surface area contributed by atoms with E-state index in [0.29, 0.717) is 23.7 Å². The van der Waals surface area contributed by atoms with Crippen molar-refractivity contribution in [1.82, 2.24) is 8.75 Å². The Kier molecular flexibility index (Phi) is 4.12. The molecule has 134 valence electrons. The van der Waals surface area contributed by atoms with Crippen LogP contribution >= 0.6 is 11.7 Å². The number of hydrogen-bond donors (Lipinski definition) is 1. The fourth-order valence-electron chi connectivity index (χ4n) is 3.41. The molecule has 3 aromatic rings. The normalized spacial score (nSPS) is 16.1. The lowest BCUT2D eigenvalue weighted by Crippen LogP contribution is -2.24. The number of carbonyl (C=O) groups is 1. The number of nitrogens with one attached hydrogen (secondary N) is 1. The molecule has 4 rings (SSSR count). The predicted molar refractivity (Wildman–Crippen MR) is 98.6 cm³/mol. The number of benzene rings is 2. The monoisotopic (exact) mass is 371 g/mol. The molecule has 1 atom stereocenters. The number of aromatic nitrogens is 2. The summed E-state index contributed by atoms with van der Waals surface area (Å²) in [5, 5.41) is 2.93. The molecule has 0 bridgehead atoms. The highest BCUT2D eigenvalue weighted by molar-refractivity contribution is 7.00. The van der Waals surface area contributed by atoms with Crippen LogP contribution in [0, 0.1) is 0 Å². The van der Waals surface area contributed by atoms with Gasteiger partial charge in [0.2, 0.25) is 11.7 Å². The van der Waals surface area contributed by atoms with Crippen LogP contribution in [0.1, 0.15) is 23.5 Å². The van der Waals surface area contributed by atoms with E-state index in [1.54, 1.807) is 21.3 Å². The van der Waals surface area contributed by atoms with Crippen LogP contribution in [0.3, 0.4) is 0 Å². The largest absolute Gasteiger partial charge is 0.493 e. The van der Waals surface area contributed by atoms with Gasteiger partial charge in [-0.15, -0.1) is 0 Å². The fourth-order valence-corrected chi connectivity index (χ4v) is 3.96. The summed E-state index contributed by atoms with van der Waals surface area (Å²) in [6.45, 7) is 0. The number of carbonyl (C=O) groups excluding carboxylic acids is 1. The molecular formula is C18H17N3O4S. The minimum Gasteiger partial charge on any atom is -0.493 e. The van der Waals surface area contributed by atoms with E-state index in [1.807, 2.05) is 24.3 Å². The summed E-state index contributed by atoms with van der Waals surface area (Å²) in [5.74, 6) is 1.41. The van der Waals surface area contributed by atoms with Gasteiger partial charge < -0.3 is 19.5 Å². The Morgan fingerprint density at radius 1 is 1.08 bits per heavy atom. The zero-order valence-electron chi connectivity index (χ0n) is 14.5. The molecule has 7 nitrogen and oxygen atoms in total. The molecule has 1 aromatic heterocycles. The molecule has 0 saturated heterocycles. The molecule has 26 heavy (non-hydrogen) atoms. The maximum atomic E-state index is 12.3. The zero-order chi connectivity index (χ0) is 18.3. The Hall–Kier alpha value is -2.87. The number of ether oxygens (including phenoxy) is 3. The second kappa shape index (κ2) is 6.45. The topological polar surface area (TPSA) is 82.6 Å². The molecule has 1 aliphatic heterocycles. The van der Waals surface area contributed by atoms with Crippen LogP contribution in [0.15, 0.2) is 24.3 Å². The summed E-state index contributed by atoms with van der Waals surface area (Å²) >= 11 is 1.16. The Morgan fingerprint density at radius 3 is 2.46 bits per heavy atom. The molecule has 0 fully saturated rings. The van der Waals surface area contributed by atoms with Crippen LogP contribution in [0.2, 0.25) is 0 Å². The molecule has 8 heteroatoms. The molecule has 0 aliphatic carbocycles. The maximum absolute atomic E-state index is 12.3. The van der Waals surface area contributed by atoms with Crippen molar-refractivity contribution in [3.63, 3.8) is 0 Å². The SMILES string of the molecule is COc1cc([C@H]2CC(=O)Nc3ccc4nsnc4c32)cc(OC)c1OC. The minimum atomic E-state index is -0.181. The summed E-state index contributed by atoms with van der Waals surface area (Å²) in [6.07, 6.45) is 0.308. The van der Waals surface area contributed by atoms with Gasteiger partial charge in [0.05, 0.1) is 33.1 Å². The van der Waals surface area contributed by atoms with E-state index in [-0.39, 0.29) is 11.8 Å². The van der Waals surface area contributed by atoms with E-state index >= 15 is 0 Å². The molecule has 1 N–H and O–H groups in total. The summed E-state index contributed by atoms with van der Waals surface area (Å²) < 4.78 is 25.1. The number of methoxy groups -OCH3 is 3. The molecule has 0 unspecified atom stereocenters. The maximum Gasteiger partial charge on any atom is 0.225 e. The average Bonchev–Trinajstić information content (AvgIpc) is 3.14. The first kappa shape index (κ1) is 16.6. The van der Waals surface area contributed by atoms with E-state index in [1.165, 1.54) is 0 Å². The zero-order valence-corrected chi connectivity index (χ0v) is 15.3. The molecular weight excluding hydrogens is 354 g/mol. The van der Waals surface area contributed by atoms with Crippen molar-refractivity contribution in [2.75, 3.05) is 26.6 Å². The summed E-state index contributed by atoms with van der Waals surface area (Å²) in [5.41, 5.74) is 4.26. The van der Waals surface area contributed by atoms with Gasteiger partial charge in [0.15, 0.2) is 11.5 Å². The molecule has 0 radical (unpaired) electrons. The van der Waals surface area contributed by atoms with Crippen molar-refractivity contribution in [3.05, 3.63) is 35.4 Å². The van der Waals surface area contributed by atoms with Gasteiger partial charge in [0.25, 0.3) is 0 Å². The summed E-state index contributed by atoms with van der Waals surface area (Å²) in [4.78, 5) is 12.3. The highest BCUT2D eigenvalue weighted by Crippen LogP contribution is 2.46. The first-order valence-corrected chi connectivity index (χ1v) is 8.74. The van der Waals surface area contributed by atoms with E-state index in [4.69, 9.17) is 14.2 Å². The van der Waals surface area contributed by atoms with Crippen LogP contribution < -0.4 is 19.5 Å². The Morgan fingerprint density at radius 2 is 1.81 bits per heavy atom. The summed E-state index contributed by atoms with van der Waals surface area (Å²) in [7, 11) is 4.71. The lowest BCUT2D eigenvalue weighted by molar-refractivity contribution is -0.116. The van der Waals surface area contributed by atoms with Crippen molar-refractivity contribution in [3.8, 4) is 17.2 Å². The predicted octanol–water partition coefficient (Wildman–Crippen LogP) is 3.19. The van der Waals surface area contributed by atoms with Crippen LogP contribution in [0.5, 0.6) is 17.2 Å². The van der Waals surface area contributed by atoms with Crippen molar-refractivity contribution in [2.45, 2.75) is 12.3 Å². The fraction of sp³-hybridized carbons (Fsp3) is 0.278. The number of anilines is 1. The van der Waals surface area contributed by atoms with Gasteiger partial charge in [-0.05, 0) is 29.8 Å². The van der Waals surface area contributed by atoms with Crippen LogP contribution in [0.25, 0.3) is 11.0 Å². The Bertz CT molecular complexity index is 976. The van der Waals surface area contributed by atoms with Gasteiger partial charge in [0, 0.05) is 23.6 Å². The van der Waals surface area contributed by atoms with Crippen LogP contribution in [0.4, 0.5) is 5.69 Å². The van der Waals surface area contributed by atoms with E-state index in [2.05, 4.69) is 14.1 Å². The molecule has 1 amide bonds. The van der Waals surface area contributed by atoms with E-state index < -0.39 is 0 Å². The van der Waals surface area contributed by atoms with Crippen molar-refractivity contribution >= 4 is 34.4 Å². The Labute approximate surface area is 154 Å². The second-order valence-corrected chi connectivity index (χ2v) is 6.45. The van der Waals surface area contributed by atoms with E-state index in [9.17, 15) is 4.79 Å². The smallest absolute Gasteiger partial charge is 0.225 e. The third-order valence-electron chi connectivity index (χ3n) is 4.57. The van der Waals surface area contributed by atoms with Gasteiger partial charge in [-0.25, -0.2) is 0 Å². The number of nitrogens with zero attached hydrogens (tertiary/aromatic N) is 2. The highest BCUT2D eigenvalue weighted by atomic mass is 32.1. The van der Waals surface area contributed by atoms with Gasteiger partial charge in [-0.1, -0.05) is 0 Å². The number of rotatable bonds is 4. The molecule has 2 heterocycles. The van der Waals surface area contributed by atoms with Gasteiger partial charge in [-0.2, -0.15) is 8.75 Å². The first-order valence-electron chi connectivity index (χ1n) is 8.01. The lowest BCUT2D eigenvalue weighted by Gasteiger charge is -2.27. The quantitative estimate of drug-likeness (QED) is 0.758. The van der Waals surface area contributed by atoms with E-state index in [0.717, 1.165) is 39.6 Å². The molecule has 2 aromatic carbocycles. The lowest BCUT2D eigenvalue weighted by atomic mass is 9.83. The number of hydrogen-bond acceptors (Lipinski definition) is 7. The minimum absolute atomic E-state index is 0.0428. The van der Waals surface area contributed by atoms with Crippen molar-refractivity contribution in [2.24, 2.45) is 0 Å². The molecule has 0 saturated carbocycles. The third-order valence-corrected chi connectivity index (χ3v) is 5.11. The molecule has 1 aliphatic rings. The Balaban J connectivity index is 1.94. The van der Waals surface area contributed by atoms with Gasteiger partial charge >= 0.3 is 0 Å². The van der Waals surface area contributed by atoms with Crippen LogP contribution in [-0.4, -0.2) is 36.0 Å². The first-order chi connectivity index (χ1) is 12.7. The average molecular weight is 371 g/mol. The van der Waals surface area contributed by atoms with Crippen molar-refractivity contribution in [1.29, 1.82) is 0 Å². The second-order valence-electron chi connectivity index (χ2n) is 5.92. The molecule has 0 spiro atoms. The summed E-state index contributed by atoms with van der Waals surface area (Å²) in [6, 6.07) is 7.51. The van der Waals surface area contributed by atoms with Gasteiger partial charge in [-0.3, -0.25) is 4.79 Å².